The Morgan fingerprint density at radius 2 is 1.94 bits per heavy atom. The Morgan fingerprint density at radius 1 is 1.24 bits per heavy atom. The van der Waals surface area contributed by atoms with E-state index in [0.29, 0.717) is 11.1 Å². The molecule has 0 spiro atoms. The second-order valence-corrected chi connectivity index (χ2v) is 3.04. The van der Waals surface area contributed by atoms with Crippen LogP contribution in [0.4, 0.5) is 0 Å². The van der Waals surface area contributed by atoms with Gasteiger partial charge in [0, 0.05) is 11.6 Å². The summed E-state index contributed by atoms with van der Waals surface area (Å²) in [6, 6.07) is 6.69. The van der Waals surface area contributed by atoms with E-state index in [4.69, 9.17) is 4.74 Å². The fourth-order valence-electron chi connectivity index (χ4n) is 1.19. The molecule has 17 heavy (non-hydrogen) atoms. The number of benzene rings is 1. The summed E-state index contributed by atoms with van der Waals surface area (Å²) in [5, 5.41) is 0. The lowest BCUT2D eigenvalue weighted by molar-refractivity contribution is -0.139. The van der Waals surface area contributed by atoms with E-state index in [2.05, 4.69) is 17.9 Å². The van der Waals surface area contributed by atoms with E-state index >= 15 is 0 Å². The van der Waals surface area contributed by atoms with Gasteiger partial charge in [-0.3, -0.25) is 0 Å². The number of carbonyl (C=O) groups excluding carboxylic acids is 2. The molecule has 0 bridgehead atoms. The van der Waals surface area contributed by atoms with Gasteiger partial charge in [0.15, 0.2) is 0 Å². The lowest BCUT2D eigenvalue weighted by atomic mass is 10.1. The zero-order valence-corrected chi connectivity index (χ0v) is 9.22. The van der Waals surface area contributed by atoms with E-state index in [0.717, 1.165) is 12.3 Å². The molecule has 88 valence electrons. The van der Waals surface area contributed by atoms with Crippen LogP contribution in [0.15, 0.2) is 49.8 Å². The van der Waals surface area contributed by atoms with Gasteiger partial charge in [0.05, 0.1) is 11.8 Å². The molecule has 4 heteroatoms. The second kappa shape index (κ2) is 6.27. The molecule has 0 fully saturated rings. The molecule has 1 aromatic carbocycles. The van der Waals surface area contributed by atoms with Crippen LogP contribution in [0.1, 0.15) is 15.9 Å². The first-order valence-corrected chi connectivity index (χ1v) is 4.88. The maximum Gasteiger partial charge on any atom is 0.343 e. The highest BCUT2D eigenvalue weighted by atomic mass is 16.5. The lowest BCUT2D eigenvalue weighted by Gasteiger charge is -2.07. The van der Waals surface area contributed by atoms with Gasteiger partial charge in [-0.1, -0.05) is 31.4 Å². The quantitative estimate of drug-likeness (QED) is 0.443. The van der Waals surface area contributed by atoms with Gasteiger partial charge in [-0.15, -0.1) is 0 Å². The van der Waals surface area contributed by atoms with Crippen molar-refractivity contribution < 1.29 is 19.1 Å². The third kappa shape index (κ3) is 3.61. The first-order valence-electron chi connectivity index (χ1n) is 4.88. The summed E-state index contributed by atoms with van der Waals surface area (Å²) in [4.78, 5) is 22.4. The minimum Gasteiger partial charge on any atom is -0.458 e. The molecule has 1 aromatic rings. The molecule has 0 radical (unpaired) electrons. The van der Waals surface area contributed by atoms with E-state index in [9.17, 15) is 9.59 Å². The van der Waals surface area contributed by atoms with Crippen LogP contribution in [0.2, 0.25) is 0 Å². The molecule has 0 N–H and O–H groups in total. The van der Waals surface area contributed by atoms with Gasteiger partial charge in [-0.25, -0.2) is 9.59 Å². The summed E-state index contributed by atoms with van der Waals surface area (Å²) >= 11 is 0. The predicted molar refractivity (Wildman–Crippen MR) is 62.0 cm³/mol. The summed E-state index contributed by atoms with van der Waals surface area (Å²) in [7, 11) is 0. The van der Waals surface area contributed by atoms with Crippen LogP contribution >= 0.6 is 0 Å². The molecule has 0 amide bonds. The van der Waals surface area contributed by atoms with Crippen LogP contribution in [0.25, 0.3) is 0 Å². The smallest absolute Gasteiger partial charge is 0.343 e. The first-order chi connectivity index (χ1) is 8.19. The predicted octanol–water partition coefficient (Wildman–Crippen LogP) is 2.22. The van der Waals surface area contributed by atoms with Crippen molar-refractivity contribution in [1.29, 1.82) is 0 Å². The highest BCUT2D eigenvalue weighted by Crippen LogP contribution is 2.12. The van der Waals surface area contributed by atoms with Crippen molar-refractivity contribution in [2.24, 2.45) is 0 Å². The number of rotatable bonds is 5. The number of carbonyl (C=O) groups is 2. The Morgan fingerprint density at radius 3 is 2.59 bits per heavy atom. The summed E-state index contributed by atoms with van der Waals surface area (Å²) < 4.78 is 9.52. The summed E-state index contributed by atoms with van der Waals surface area (Å²) in [5.41, 5.74) is 0.902. The average Bonchev–Trinajstić information content (AvgIpc) is 2.36. The van der Waals surface area contributed by atoms with Gasteiger partial charge >= 0.3 is 11.9 Å². The minimum atomic E-state index is -0.545. The Bertz CT molecular complexity index is 448. The minimum absolute atomic E-state index is 0.00668. The molecule has 1 rings (SSSR count). The fourth-order valence-corrected chi connectivity index (χ4v) is 1.19. The molecule has 0 heterocycles. The topological polar surface area (TPSA) is 52.6 Å². The SMILES string of the molecule is C=COC(=O)c1ccccc1COC(=O)C=C. The third-order valence-electron chi connectivity index (χ3n) is 1.96. The highest BCUT2D eigenvalue weighted by molar-refractivity contribution is 5.91. The maximum absolute atomic E-state index is 11.5. The molecule has 4 nitrogen and oxygen atoms in total. The summed E-state index contributed by atoms with van der Waals surface area (Å²) in [6.45, 7) is 6.58. The lowest BCUT2D eigenvalue weighted by Crippen LogP contribution is -2.08. The Hall–Kier alpha value is -2.36. The van der Waals surface area contributed by atoms with E-state index in [-0.39, 0.29) is 6.61 Å². The molecule has 0 aliphatic rings. The highest BCUT2D eigenvalue weighted by Gasteiger charge is 2.12. The molecule has 0 saturated carbocycles. The molecule has 0 atom stereocenters. The van der Waals surface area contributed by atoms with Gasteiger partial charge in [-0.05, 0) is 6.07 Å². The average molecular weight is 232 g/mol. The molecular weight excluding hydrogens is 220 g/mol. The van der Waals surface area contributed by atoms with Gasteiger partial charge < -0.3 is 9.47 Å². The van der Waals surface area contributed by atoms with Gasteiger partial charge in [0.1, 0.15) is 6.61 Å². The monoisotopic (exact) mass is 232 g/mol. The van der Waals surface area contributed by atoms with Crippen molar-refractivity contribution in [2.45, 2.75) is 6.61 Å². The molecule has 0 aliphatic heterocycles. The van der Waals surface area contributed by atoms with Crippen molar-refractivity contribution in [3.8, 4) is 0 Å². The van der Waals surface area contributed by atoms with E-state index < -0.39 is 11.9 Å². The Labute approximate surface area is 99.2 Å². The number of hydrogen-bond donors (Lipinski definition) is 0. The maximum atomic E-state index is 11.5. The number of hydrogen-bond acceptors (Lipinski definition) is 4. The zero-order valence-electron chi connectivity index (χ0n) is 9.22. The van der Waals surface area contributed by atoms with Crippen molar-refractivity contribution in [1.82, 2.24) is 0 Å². The molecule has 0 saturated heterocycles. The Balaban J connectivity index is 2.84. The van der Waals surface area contributed by atoms with Gasteiger partial charge in [-0.2, -0.15) is 0 Å². The van der Waals surface area contributed by atoms with Crippen molar-refractivity contribution >= 4 is 11.9 Å². The summed E-state index contributed by atoms with van der Waals surface area (Å²) in [5.74, 6) is -1.08. The van der Waals surface area contributed by atoms with Crippen molar-refractivity contribution in [3.05, 3.63) is 60.9 Å². The normalized spacial score (nSPS) is 9.18. The van der Waals surface area contributed by atoms with Crippen LogP contribution in [0.3, 0.4) is 0 Å². The second-order valence-electron chi connectivity index (χ2n) is 3.04. The Kier molecular flexibility index (Phi) is 4.69. The molecule has 0 aliphatic carbocycles. The van der Waals surface area contributed by atoms with Crippen LogP contribution in [-0.4, -0.2) is 11.9 Å². The van der Waals surface area contributed by atoms with E-state index in [1.165, 1.54) is 0 Å². The third-order valence-corrected chi connectivity index (χ3v) is 1.96. The molecule has 0 aromatic heterocycles. The fraction of sp³-hybridized carbons (Fsp3) is 0.0769. The van der Waals surface area contributed by atoms with Crippen LogP contribution in [0.5, 0.6) is 0 Å². The zero-order chi connectivity index (χ0) is 12.7. The largest absolute Gasteiger partial charge is 0.458 e. The van der Waals surface area contributed by atoms with Crippen molar-refractivity contribution in [3.63, 3.8) is 0 Å². The van der Waals surface area contributed by atoms with Crippen LogP contribution in [0, 0.1) is 0 Å². The standard InChI is InChI=1S/C13H12O4/c1-3-12(14)17-9-10-7-5-6-8-11(10)13(15)16-4-2/h3-8H,1-2,9H2. The first kappa shape index (κ1) is 12.7. The molecular formula is C13H12O4. The summed E-state index contributed by atoms with van der Waals surface area (Å²) in [6.07, 6.45) is 2.11. The number of ether oxygens (including phenoxy) is 2. The molecule has 0 unspecified atom stereocenters. The van der Waals surface area contributed by atoms with E-state index in [1.807, 2.05) is 0 Å². The van der Waals surface area contributed by atoms with E-state index in [1.54, 1.807) is 24.3 Å². The number of esters is 2. The van der Waals surface area contributed by atoms with Crippen molar-refractivity contribution in [2.75, 3.05) is 0 Å². The van der Waals surface area contributed by atoms with Crippen LogP contribution < -0.4 is 0 Å². The van der Waals surface area contributed by atoms with Gasteiger partial charge in [0.2, 0.25) is 0 Å². The van der Waals surface area contributed by atoms with Gasteiger partial charge in [0.25, 0.3) is 0 Å². The van der Waals surface area contributed by atoms with Crippen LogP contribution in [-0.2, 0) is 20.9 Å².